The third-order valence-corrected chi connectivity index (χ3v) is 6.98. The van der Waals surface area contributed by atoms with Gasteiger partial charge in [-0.25, -0.2) is 9.66 Å². The van der Waals surface area contributed by atoms with Gasteiger partial charge >= 0.3 is 0 Å². The average molecular weight is 487 g/mol. The summed E-state index contributed by atoms with van der Waals surface area (Å²) in [5.74, 6) is 4.05. The highest BCUT2D eigenvalue weighted by Gasteiger charge is 2.23. The molecule has 8 heteroatoms. The number of imidazole rings is 1. The largest absolute Gasteiger partial charge is 0.496 e. The third kappa shape index (κ3) is 4.27. The maximum Gasteiger partial charge on any atom is 0.214 e. The summed E-state index contributed by atoms with van der Waals surface area (Å²) in [6.07, 6.45) is 4.73. The molecule has 2 aliphatic heterocycles. The van der Waals surface area contributed by atoms with Gasteiger partial charge in [-0.2, -0.15) is 0 Å². The van der Waals surface area contributed by atoms with Gasteiger partial charge in [-0.15, -0.1) is 5.10 Å². The average Bonchev–Trinajstić information content (AvgIpc) is 3.60. The zero-order valence-corrected chi connectivity index (χ0v) is 20.9. The summed E-state index contributed by atoms with van der Waals surface area (Å²) in [5.41, 5.74) is 4.00. The van der Waals surface area contributed by atoms with E-state index in [0.717, 1.165) is 48.6 Å². The number of rotatable bonds is 6. The van der Waals surface area contributed by atoms with Gasteiger partial charge < -0.3 is 23.5 Å². The minimum Gasteiger partial charge on any atom is -0.496 e. The summed E-state index contributed by atoms with van der Waals surface area (Å²) >= 11 is 0. The van der Waals surface area contributed by atoms with E-state index >= 15 is 0 Å². The van der Waals surface area contributed by atoms with Crippen molar-refractivity contribution in [1.29, 1.82) is 0 Å². The second-order valence-electron chi connectivity index (χ2n) is 9.51. The molecule has 6 rings (SSSR count). The summed E-state index contributed by atoms with van der Waals surface area (Å²) < 4.78 is 25.1. The molecule has 8 nitrogen and oxygen atoms in total. The summed E-state index contributed by atoms with van der Waals surface area (Å²) in [6.45, 7) is 4.82. The van der Waals surface area contributed by atoms with Crippen molar-refractivity contribution in [2.45, 2.75) is 26.2 Å². The molecule has 36 heavy (non-hydrogen) atoms. The highest BCUT2D eigenvalue weighted by atomic mass is 16.5. The summed E-state index contributed by atoms with van der Waals surface area (Å²) in [6, 6.07) is 14.6. The molecule has 1 unspecified atom stereocenters. The minimum absolute atomic E-state index is 0.441. The second-order valence-corrected chi connectivity index (χ2v) is 9.51. The maximum atomic E-state index is 6.41. The van der Waals surface area contributed by atoms with E-state index in [2.05, 4.69) is 46.2 Å². The van der Waals surface area contributed by atoms with Crippen molar-refractivity contribution < 1.29 is 18.6 Å². The van der Waals surface area contributed by atoms with E-state index in [1.165, 1.54) is 11.3 Å². The van der Waals surface area contributed by atoms with Crippen LogP contribution in [0.3, 0.4) is 0 Å². The van der Waals surface area contributed by atoms with E-state index in [9.17, 15) is 0 Å². The first-order valence-electron chi connectivity index (χ1n) is 12.4. The number of piperidine rings is 1. The van der Waals surface area contributed by atoms with Gasteiger partial charge in [0.2, 0.25) is 5.90 Å². The van der Waals surface area contributed by atoms with Crippen LogP contribution in [0.4, 0.5) is 5.69 Å². The van der Waals surface area contributed by atoms with E-state index in [0.29, 0.717) is 41.9 Å². The Kier molecular flexibility index (Phi) is 5.79. The van der Waals surface area contributed by atoms with Crippen LogP contribution in [0.2, 0.25) is 0 Å². The minimum atomic E-state index is 0.441. The lowest BCUT2D eigenvalue weighted by molar-refractivity contribution is 0.230. The quantitative estimate of drug-likeness (QED) is 0.370. The Morgan fingerprint density at radius 1 is 1.08 bits per heavy atom. The molecule has 4 aromatic rings. The van der Waals surface area contributed by atoms with Crippen LogP contribution >= 0.6 is 0 Å². The molecular formula is C28H30N4O4. The molecule has 2 aliphatic rings. The molecule has 0 spiro atoms. The summed E-state index contributed by atoms with van der Waals surface area (Å²) in [4.78, 5) is 7.15. The highest BCUT2D eigenvalue weighted by Crippen LogP contribution is 2.37. The van der Waals surface area contributed by atoms with Crippen molar-refractivity contribution >= 4 is 22.6 Å². The number of nitrogens with zero attached hydrogens (tertiary/aromatic N) is 4. The van der Waals surface area contributed by atoms with E-state index in [-0.39, 0.29) is 0 Å². The molecule has 0 amide bonds. The van der Waals surface area contributed by atoms with E-state index in [1.54, 1.807) is 18.9 Å². The molecule has 0 radical (unpaired) electrons. The Labute approximate surface area is 210 Å². The molecule has 4 heterocycles. The first-order valence-corrected chi connectivity index (χ1v) is 12.4. The second kappa shape index (κ2) is 9.26. The number of aryl methyl sites for hydroxylation is 1. The zero-order chi connectivity index (χ0) is 24.6. The van der Waals surface area contributed by atoms with Crippen molar-refractivity contribution in [2.75, 3.05) is 38.8 Å². The number of aromatic nitrogens is 2. The predicted octanol–water partition coefficient (Wildman–Crippen LogP) is 5.27. The fourth-order valence-electron chi connectivity index (χ4n) is 4.98. The van der Waals surface area contributed by atoms with Crippen LogP contribution in [-0.2, 0) is 11.2 Å². The first-order chi connectivity index (χ1) is 17.6. The van der Waals surface area contributed by atoms with Crippen LogP contribution in [0.1, 0.15) is 24.2 Å². The Hall–Kier alpha value is -3.94. The van der Waals surface area contributed by atoms with E-state index in [1.807, 2.05) is 24.4 Å². The fraction of sp³-hybridized carbons (Fsp3) is 0.357. The highest BCUT2D eigenvalue weighted by molar-refractivity contribution is 5.89. The van der Waals surface area contributed by atoms with Crippen LogP contribution in [-0.4, -0.2) is 49.5 Å². The number of hydrogen-bond donors (Lipinski definition) is 0. The van der Waals surface area contributed by atoms with Crippen LogP contribution < -0.4 is 14.4 Å². The van der Waals surface area contributed by atoms with Crippen molar-refractivity contribution in [3.8, 4) is 23.0 Å². The zero-order valence-electron chi connectivity index (χ0n) is 20.9. The number of methoxy groups -OCH3 is 2. The summed E-state index contributed by atoms with van der Waals surface area (Å²) in [7, 11) is 3.27. The first kappa shape index (κ1) is 22.5. The van der Waals surface area contributed by atoms with Gasteiger partial charge in [0, 0.05) is 36.8 Å². The standard InChI is InChI=1S/C28H30N4O4/c1-18-6-8-20(9-7-18)31-10-4-5-19(15-31)17-35-24-11-21(33-2)12-25-22(24)13-26(36-25)23-16-32-27(29-23)14-28(30-32)34-3/h6-9,11-13,16,19H,4-5,10,14-15,17H2,1-3H3. The lowest BCUT2D eigenvalue weighted by atomic mass is 9.98. The van der Waals surface area contributed by atoms with Crippen LogP contribution in [0, 0.1) is 12.8 Å². The molecule has 1 fully saturated rings. The van der Waals surface area contributed by atoms with Gasteiger partial charge in [0.05, 0.1) is 38.8 Å². The molecule has 186 valence electrons. The van der Waals surface area contributed by atoms with Crippen LogP contribution in [0.5, 0.6) is 11.5 Å². The molecular weight excluding hydrogens is 456 g/mol. The van der Waals surface area contributed by atoms with Gasteiger partial charge in [-0.1, -0.05) is 17.7 Å². The molecule has 2 aromatic heterocycles. The van der Waals surface area contributed by atoms with Crippen molar-refractivity contribution in [1.82, 2.24) is 9.66 Å². The Morgan fingerprint density at radius 3 is 2.72 bits per heavy atom. The molecule has 0 saturated carbocycles. The molecule has 2 aromatic carbocycles. The molecule has 1 saturated heterocycles. The smallest absolute Gasteiger partial charge is 0.214 e. The Bertz CT molecular complexity index is 1420. The van der Waals surface area contributed by atoms with E-state index in [4.69, 9.17) is 18.6 Å². The number of furan rings is 1. The van der Waals surface area contributed by atoms with Crippen LogP contribution in [0.15, 0.2) is 58.2 Å². The summed E-state index contributed by atoms with van der Waals surface area (Å²) in [5, 5.41) is 5.30. The predicted molar refractivity (Wildman–Crippen MR) is 139 cm³/mol. The number of ether oxygens (including phenoxy) is 3. The number of anilines is 1. The molecule has 0 aliphatic carbocycles. The number of benzene rings is 2. The monoisotopic (exact) mass is 486 g/mol. The van der Waals surface area contributed by atoms with E-state index < -0.39 is 0 Å². The van der Waals surface area contributed by atoms with Gasteiger partial charge in [0.15, 0.2) is 5.76 Å². The van der Waals surface area contributed by atoms with Gasteiger partial charge in [0.1, 0.15) is 28.6 Å². The Balaban J connectivity index is 1.22. The molecule has 1 atom stereocenters. The maximum absolute atomic E-state index is 6.41. The van der Waals surface area contributed by atoms with Crippen molar-refractivity contribution in [2.24, 2.45) is 11.0 Å². The number of hydrogen-bond acceptors (Lipinski definition) is 7. The third-order valence-electron chi connectivity index (χ3n) is 6.98. The number of fused-ring (bicyclic) bond motifs is 2. The van der Waals surface area contributed by atoms with Crippen molar-refractivity contribution in [3.05, 3.63) is 60.0 Å². The van der Waals surface area contributed by atoms with Gasteiger partial charge in [-0.05, 0) is 38.0 Å². The van der Waals surface area contributed by atoms with Gasteiger partial charge in [-0.3, -0.25) is 0 Å². The normalized spacial score (nSPS) is 17.2. The Morgan fingerprint density at radius 2 is 1.94 bits per heavy atom. The topological polar surface area (TPSA) is 74.2 Å². The lowest BCUT2D eigenvalue weighted by Crippen LogP contribution is -2.37. The SMILES string of the molecule is COC1=Nn2cc(-c3cc4c(OCC5CCCN(c6ccc(C)cc6)C5)cc(OC)cc4o3)nc2C1. The fourth-order valence-corrected chi connectivity index (χ4v) is 4.98. The van der Waals surface area contributed by atoms with Gasteiger partial charge in [0.25, 0.3) is 0 Å². The van der Waals surface area contributed by atoms with Crippen molar-refractivity contribution in [3.63, 3.8) is 0 Å². The lowest BCUT2D eigenvalue weighted by Gasteiger charge is -2.34. The molecule has 0 bridgehead atoms. The molecule has 0 N–H and O–H groups in total. The van der Waals surface area contributed by atoms with Crippen LogP contribution in [0.25, 0.3) is 22.4 Å².